The third-order valence-corrected chi connectivity index (χ3v) is 3.97. The second-order valence-corrected chi connectivity index (χ2v) is 5.98. The average molecular weight is 205 g/mol. The molecule has 0 bridgehead atoms. The fourth-order valence-electron chi connectivity index (χ4n) is 1.20. The minimum Gasteiger partial charge on any atom is -0.330 e. The van der Waals surface area contributed by atoms with Crippen LogP contribution in [-0.4, -0.2) is 21.8 Å². The molecule has 0 saturated carbocycles. The van der Waals surface area contributed by atoms with Gasteiger partial charge in [-0.15, -0.1) is 0 Å². The highest BCUT2D eigenvalue weighted by Gasteiger charge is 2.09. The van der Waals surface area contributed by atoms with E-state index >= 15 is 0 Å². The Labute approximate surface area is 84.7 Å². The summed E-state index contributed by atoms with van der Waals surface area (Å²) in [6.07, 6.45) is 3.15. The number of rotatable bonds is 7. The molecule has 0 aromatic heterocycles. The van der Waals surface area contributed by atoms with Gasteiger partial charge in [0.25, 0.3) is 0 Å². The van der Waals surface area contributed by atoms with Crippen molar-refractivity contribution in [3.05, 3.63) is 0 Å². The van der Waals surface area contributed by atoms with Gasteiger partial charge in [-0.3, -0.25) is 4.21 Å². The van der Waals surface area contributed by atoms with Gasteiger partial charge in [-0.05, 0) is 25.3 Å². The van der Waals surface area contributed by atoms with Crippen molar-refractivity contribution in [2.24, 2.45) is 11.7 Å². The van der Waals surface area contributed by atoms with Gasteiger partial charge in [0, 0.05) is 21.8 Å². The van der Waals surface area contributed by atoms with Gasteiger partial charge in [-0.2, -0.15) is 0 Å². The van der Waals surface area contributed by atoms with Gasteiger partial charge in [-0.25, -0.2) is 0 Å². The number of hydrogen-bond acceptors (Lipinski definition) is 2. The molecule has 2 nitrogen and oxygen atoms in total. The fraction of sp³-hybridized carbons (Fsp3) is 1.00. The van der Waals surface area contributed by atoms with Gasteiger partial charge in [-0.1, -0.05) is 27.2 Å². The summed E-state index contributed by atoms with van der Waals surface area (Å²) >= 11 is 0. The maximum Gasteiger partial charge on any atom is 0.0331 e. The van der Waals surface area contributed by atoms with Crippen molar-refractivity contribution in [1.29, 1.82) is 0 Å². The Morgan fingerprint density at radius 1 is 1.23 bits per heavy atom. The molecule has 0 amide bonds. The van der Waals surface area contributed by atoms with Crippen LogP contribution in [0.1, 0.15) is 40.0 Å². The standard InChI is InChI=1S/C10H23NOS/c1-9(2)5-4-8-13(12)10(3)6-7-11/h9-10H,4-8,11H2,1-3H3. The molecule has 0 aliphatic carbocycles. The van der Waals surface area contributed by atoms with Crippen LogP contribution in [0.2, 0.25) is 0 Å². The molecular formula is C10H23NOS. The lowest BCUT2D eigenvalue weighted by atomic mass is 10.1. The van der Waals surface area contributed by atoms with Crippen LogP contribution in [0.4, 0.5) is 0 Å². The van der Waals surface area contributed by atoms with Crippen LogP contribution in [0, 0.1) is 5.92 Å². The molecular weight excluding hydrogens is 182 g/mol. The summed E-state index contributed by atoms with van der Waals surface area (Å²) in [4.78, 5) is 0. The molecule has 2 atom stereocenters. The third-order valence-electron chi connectivity index (χ3n) is 2.15. The number of hydrogen-bond donors (Lipinski definition) is 1. The lowest BCUT2D eigenvalue weighted by Crippen LogP contribution is -2.18. The zero-order chi connectivity index (χ0) is 10.3. The summed E-state index contributed by atoms with van der Waals surface area (Å²) in [5.74, 6) is 1.57. The molecule has 13 heavy (non-hydrogen) atoms. The lowest BCUT2D eigenvalue weighted by Gasteiger charge is -2.10. The first-order valence-corrected chi connectivity index (χ1v) is 6.53. The molecule has 0 radical (unpaired) electrons. The van der Waals surface area contributed by atoms with E-state index in [2.05, 4.69) is 13.8 Å². The van der Waals surface area contributed by atoms with Crippen molar-refractivity contribution in [2.45, 2.75) is 45.3 Å². The lowest BCUT2D eigenvalue weighted by molar-refractivity contribution is 0.574. The normalized spacial score (nSPS) is 16.1. The molecule has 0 saturated heterocycles. The van der Waals surface area contributed by atoms with Gasteiger partial charge in [0.1, 0.15) is 0 Å². The highest BCUT2D eigenvalue weighted by molar-refractivity contribution is 7.85. The van der Waals surface area contributed by atoms with Crippen LogP contribution in [0.25, 0.3) is 0 Å². The Morgan fingerprint density at radius 2 is 1.85 bits per heavy atom. The second-order valence-electron chi connectivity index (χ2n) is 4.01. The van der Waals surface area contributed by atoms with Gasteiger partial charge >= 0.3 is 0 Å². The minimum atomic E-state index is -0.661. The molecule has 0 aromatic rings. The molecule has 2 N–H and O–H groups in total. The van der Waals surface area contributed by atoms with Crippen LogP contribution in [0.15, 0.2) is 0 Å². The zero-order valence-electron chi connectivity index (χ0n) is 9.08. The van der Waals surface area contributed by atoms with Crippen LogP contribution in [0.3, 0.4) is 0 Å². The van der Waals surface area contributed by atoms with E-state index in [-0.39, 0.29) is 5.25 Å². The van der Waals surface area contributed by atoms with E-state index in [1.54, 1.807) is 0 Å². The molecule has 0 aliphatic heterocycles. The maximum atomic E-state index is 11.6. The summed E-state index contributed by atoms with van der Waals surface area (Å²) in [7, 11) is -0.661. The van der Waals surface area contributed by atoms with E-state index in [9.17, 15) is 4.21 Å². The molecule has 0 fully saturated rings. The summed E-state index contributed by atoms with van der Waals surface area (Å²) in [6, 6.07) is 0. The molecule has 0 aliphatic rings. The summed E-state index contributed by atoms with van der Waals surface area (Å²) in [6.45, 7) is 7.08. The van der Waals surface area contributed by atoms with Gasteiger partial charge in [0.05, 0.1) is 0 Å². The Balaban J connectivity index is 3.50. The third kappa shape index (κ3) is 7.20. The van der Waals surface area contributed by atoms with Gasteiger partial charge in [0.15, 0.2) is 0 Å². The Morgan fingerprint density at radius 3 is 2.31 bits per heavy atom. The van der Waals surface area contributed by atoms with Crippen LogP contribution in [-0.2, 0) is 10.8 Å². The highest BCUT2D eigenvalue weighted by atomic mass is 32.2. The van der Waals surface area contributed by atoms with E-state index in [0.717, 1.165) is 24.5 Å². The number of nitrogens with two attached hydrogens (primary N) is 1. The summed E-state index contributed by atoms with van der Waals surface area (Å²) < 4.78 is 11.6. The van der Waals surface area contributed by atoms with Crippen LogP contribution in [0.5, 0.6) is 0 Å². The molecule has 2 unspecified atom stereocenters. The van der Waals surface area contributed by atoms with E-state index in [0.29, 0.717) is 6.54 Å². The van der Waals surface area contributed by atoms with E-state index in [4.69, 9.17) is 5.73 Å². The molecule has 3 heteroatoms. The van der Waals surface area contributed by atoms with E-state index < -0.39 is 10.8 Å². The first kappa shape index (κ1) is 13.1. The predicted molar refractivity (Wildman–Crippen MR) is 60.2 cm³/mol. The summed E-state index contributed by atoms with van der Waals surface area (Å²) in [5, 5.41) is 0.275. The van der Waals surface area contributed by atoms with Crippen molar-refractivity contribution >= 4 is 10.8 Å². The second kappa shape index (κ2) is 7.51. The van der Waals surface area contributed by atoms with Crippen molar-refractivity contribution in [3.63, 3.8) is 0 Å². The Kier molecular flexibility index (Phi) is 7.57. The molecule has 0 aromatic carbocycles. The average Bonchev–Trinajstić information content (AvgIpc) is 2.04. The monoisotopic (exact) mass is 205 g/mol. The fourth-order valence-corrected chi connectivity index (χ4v) is 2.45. The largest absolute Gasteiger partial charge is 0.330 e. The quantitative estimate of drug-likeness (QED) is 0.690. The first-order valence-electron chi connectivity index (χ1n) is 5.15. The van der Waals surface area contributed by atoms with Crippen molar-refractivity contribution in [1.82, 2.24) is 0 Å². The van der Waals surface area contributed by atoms with Crippen molar-refractivity contribution in [2.75, 3.05) is 12.3 Å². The molecule has 0 spiro atoms. The first-order chi connectivity index (χ1) is 6.07. The Bertz CT molecular complexity index is 148. The van der Waals surface area contributed by atoms with E-state index in [1.807, 2.05) is 6.92 Å². The predicted octanol–water partition coefficient (Wildman–Crippen LogP) is 1.91. The van der Waals surface area contributed by atoms with Crippen molar-refractivity contribution in [3.8, 4) is 0 Å². The van der Waals surface area contributed by atoms with Crippen LogP contribution >= 0.6 is 0 Å². The van der Waals surface area contributed by atoms with Crippen molar-refractivity contribution < 1.29 is 4.21 Å². The van der Waals surface area contributed by atoms with Gasteiger partial charge < -0.3 is 5.73 Å². The Hall–Kier alpha value is 0.110. The zero-order valence-corrected chi connectivity index (χ0v) is 9.90. The molecule has 0 heterocycles. The highest BCUT2D eigenvalue weighted by Crippen LogP contribution is 2.07. The SMILES string of the molecule is CC(C)CCCS(=O)C(C)CCN. The molecule has 80 valence electrons. The van der Waals surface area contributed by atoms with Crippen LogP contribution < -0.4 is 5.73 Å². The maximum absolute atomic E-state index is 11.6. The molecule has 0 rings (SSSR count). The summed E-state index contributed by atoms with van der Waals surface area (Å²) in [5.41, 5.74) is 5.41. The smallest absolute Gasteiger partial charge is 0.0331 e. The topological polar surface area (TPSA) is 43.1 Å². The minimum absolute atomic E-state index is 0.275. The van der Waals surface area contributed by atoms with E-state index in [1.165, 1.54) is 6.42 Å². The van der Waals surface area contributed by atoms with Gasteiger partial charge in [0.2, 0.25) is 0 Å².